The summed E-state index contributed by atoms with van der Waals surface area (Å²) in [6.45, 7) is 1.78. The topological polar surface area (TPSA) is 59.4 Å². The van der Waals surface area contributed by atoms with Crippen LogP contribution in [0.3, 0.4) is 0 Å². The lowest BCUT2D eigenvalue weighted by molar-refractivity contribution is -0.143. The van der Waals surface area contributed by atoms with Crippen molar-refractivity contribution in [1.82, 2.24) is 20.0 Å². The number of hydrogen-bond acceptors (Lipinski definition) is 3. The van der Waals surface area contributed by atoms with Crippen LogP contribution in [0.15, 0.2) is 0 Å². The number of nitrogens with one attached hydrogen (secondary N) is 1. The number of ether oxygens (including phenoxy) is 1. The van der Waals surface area contributed by atoms with Crippen LogP contribution >= 0.6 is 0 Å². The number of rotatable bonds is 3. The molecule has 148 valence electrons. The fourth-order valence-electron chi connectivity index (χ4n) is 2.98. The van der Waals surface area contributed by atoms with E-state index in [0.29, 0.717) is 11.3 Å². The monoisotopic (exact) mass is 384 g/mol. The lowest BCUT2D eigenvalue weighted by atomic mass is 10.1. The first-order valence-corrected chi connectivity index (χ1v) is 8.01. The highest BCUT2D eigenvalue weighted by atomic mass is 19.4. The highest BCUT2D eigenvalue weighted by Crippen LogP contribution is 2.25. The summed E-state index contributed by atoms with van der Waals surface area (Å²) in [6.07, 6.45) is -4.43. The highest BCUT2D eigenvalue weighted by Gasteiger charge is 2.37. The summed E-state index contributed by atoms with van der Waals surface area (Å²) < 4.78 is 70.5. The van der Waals surface area contributed by atoms with Crippen molar-refractivity contribution in [3.63, 3.8) is 0 Å². The zero-order valence-corrected chi connectivity index (χ0v) is 14.7. The minimum Gasteiger partial charge on any atom is -0.373 e. The van der Waals surface area contributed by atoms with Crippen LogP contribution < -0.4 is 5.32 Å². The van der Waals surface area contributed by atoms with E-state index in [9.17, 15) is 26.7 Å². The lowest BCUT2D eigenvalue weighted by Gasteiger charge is -2.25. The molecule has 0 bridgehead atoms. The second kappa shape index (κ2) is 7.37. The molecule has 2 heterocycles. The van der Waals surface area contributed by atoms with Crippen LogP contribution in [0.4, 0.5) is 26.7 Å². The van der Waals surface area contributed by atoms with Gasteiger partial charge in [0.1, 0.15) is 13.2 Å². The van der Waals surface area contributed by atoms with E-state index in [1.807, 2.05) is 0 Å². The van der Waals surface area contributed by atoms with Gasteiger partial charge in [-0.15, -0.1) is 0 Å². The Hall–Kier alpha value is -1.91. The molecule has 1 unspecified atom stereocenters. The second-order valence-electron chi connectivity index (χ2n) is 6.36. The molecule has 1 aliphatic heterocycles. The van der Waals surface area contributed by atoms with E-state index in [1.54, 1.807) is 6.92 Å². The molecule has 0 aliphatic carbocycles. The third-order valence-corrected chi connectivity index (χ3v) is 4.07. The molecule has 6 nitrogen and oxygen atoms in total. The molecule has 2 amide bonds. The molecular weight excluding hydrogens is 363 g/mol. The number of halogens is 5. The predicted molar refractivity (Wildman–Crippen MR) is 82.0 cm³/mol. The Labute approximate surface area is 147 Å². The van der Waals surface area contributed by atoms with Gasteiger partial charge in [0.25, 0.3) is 5.92 Å². The molecule has 1 aliphatic rings. The van der Waals surface area contributed by atoms with Crippen molar-refractivity contribution < 1.29 is 31.5 Å². The Morgan fingerprint density at radius 2 is 2.04 bits per heavy atom. The molecule has 0 radical (unpaired) electrons. The molecule has 1 N–H and O–H groups in total. The van der Waals surface area contributed by atoms with Gasteiger partial charge in [-0.25, -0.2) is 13.6 Å². The van der Waals surface area contributed by atoms with Crippen LogP contribution in [0.1, 0.15) is 29.9 Å². The van der Waals surface area contributed by atoms with E-state index in [-0.39, 0.29) is 18.8 Å². The van der Waals surface area contributed by atoms with Crippen LogP contribution in [0.5, 0.6) is 0 Å². The molecular formula is C15H21F5N4O2. The van der Waals surface area contributed by atoms with E-state index in [1.165, 1.54) is 13.8 Å². The van der Waals surface area contributed by atoms with E-state index < -0.39 is 43.9 Å². The number of carbonyl (C=O) groups is 1. The van der Waals surface area contributed by atoms with Crippen molar-refractivity contribution in [2.45, 2.75) is 45.5 Å². The first-order valence-electron chi connectivity index (χ1n) is 8.01. The van der Waals surface area contributed by atoms with Crippen LogP contribution in [-0.2, 0) is 11.3 Å². The summed E-state index contributed by atoms with van der Waals surface area (Å²) in [5.41, 5.74) is 1.03. The van der Waals surface area contributed by atoms with Crippen molar-refractivity contribution in [2.24, 2.45) is 0 Å². The SMILES string of the molecule is Cc1nn(CC(F)(F)F)c(C)c1C(C)NC(=O)N1CCOCC(F)(F)C1. The fraction of sp³-hybridized carbons (Fsp3) is 0.733. The molecule has 1 atom stereocenters. The molecule has 26 heavy (non-hydrogen) atoms. The standard InChI is InChI=1S/C15H21F5N4O2/c1-9(12-10(2)22-24(11(12)3)7-15(18,19)20)21-13(25)23-4-5-26-8-14(16,17)6-23/h9H,4-8H2,1-3H3,(H,21,25). The van der Waals surface area contributed by atoms with Gasteiger partial charge in [0.05, 0.1) is 24.9 Å². The minimum absolute atomic E-state index is 0.000552. The smallest absolute Gasteiger partial charge is 0.373 e. The quantitative estimate of drug-likeness (QED) is 0.816. The maximum atomic E-state index is 13.6. The van der Waals surface area contributed by atoms with Gasteiger partial charge in [0.15, 0.2) is 0 Å². The van der Waals surface area contributed by atoms with E-state index in [0.717, 1.165) is 9.58 Å². The van der Waals surface area contributed by atoms with Crippen LogP contribution in [0.25, 0.3) is 0 Å². The minimum atomic E-state index is -4.43. The first kappa shape index (κ1) is 20.4. The highest BCUT2D eigenvalue weighted by molar-refractivity contribution is 5.75. The van der Waals surface area contributed by atoms with Crippen molar-refractivity contribution in [1.29, 1.82) is 0 Å². The summed E-state index contributed by atoms with van der Waals surface area (Å²) in [5.74, 6) is -3.15. The van der Waals surface area contributed by atoms with E-state index in [2.05, 4.69) is 10.4 Å². The molecule has 1 fully saturated rings. The molecule has 0 saturated carbocycles. The van der Waals surface area contributed by atoms with Gasteiger partial charge in [0, 0.05) is 17.8 Å². The van der Waals surface area contributed by atoms with E-state index >= 15 is 0 Å². The molecule has 1 aromatic rings. The van der Waals surface area contributed by atoms with Gasteiger partial charge < -0.3 is 15.0 Å². The number of amides is 2. The van der Waals surface area contributed by atoms with Crippen LogP contribution in [0.2, 0.25) is 0 Å². The summed E-state index contributed by atoms with van der Waals surface area (Å²) in [5, 5.41) is 6.42. The van der Waals surface area contributed by atoms with Gasteiger partial charge in [-0.3, -0.25) is 4.68 Å². The van der Waals surface area contributed by atoms with E-state index in [4.69, 9.17) is 4.74 Å². The van der Waals surface area contributed by atoms with Gasteiger partial charge in [-0.1, -0.05) is 0 Å². The average molecular weight is 384 g/mol. The van der Waals surface area contributed by atoms with Crippen molar-refractivity contribution in [3.05, 3.63) is 17.0 Å². The molecule has 0 spiro atoms. The normalized spacial score (nSPS) is 19.2. The number of aryl methyl sites for hydroxylation is 1. The largest absolute Gasteiger partial charge is 0.408 e. The average Bonchev–Trinajstić information content (AvgIpc) is 2.64. The second-order valence-corrected chi connectivity index (χ2v) is 6.36. The Morgan fingerprint density at radius 1 is 1.38 bits per heavy atom. The Morgan fingerprint density at radius 3 is 2.65 bits per heavy atom. The summed E-state index contributed by atoms with van der Waals surface area (Å²) in [4.78, 5) is 13.2. The van der Waals surface area contributed by atoms with Gasteiger partial charge in [-0.05, 0) is 20.8 Å². The number of hydrogen-bond donors (Lipinski definition) is 1. The first-order chi connectivity index (χ1) is 11.9. The third kappa shape index (κ3) is 5.05. The number of carbonyl (C=O) groups excluding carboxylic acids is 1. The van der Waals surface area contributed by atoms with Crippen LogP contribution in [-0.4, -0.2) is 59.1 Å². The molecule has 0 aromatic carbocycles. The maximum Gasteiger partial charge on any atom is 0.408 e. The molecule has 11 heteroatoms. The van der Waals surface area contributed by atoms with Gasteiger partial charge in [-0.2, -0.15) is 18.3 Å². The molecule has 2 rings (SSSR count). The summed E-state index contributed by atoms with van der Waals surface area (Å²) in [7, 11) is 0. The zero-order chi connectivity index (χ0) is 19.7. The lowest BCUT2D eigenvalue weighted by Crippen LogP contribution is -2.46. The Kier molecular flexibility index (Phi) is 5.79. The Bertz CT molecular complexity index is 659. The zero-order valence-electron chi connectivity index (χ0n) is 14.7. The Balaban J connectivity index is 2.12. The predicted octanol–water partition coefficient (Wildman–Crippen LogP) is 2.80. The summed E-state index contributed by atoms with van der Waals surface area (Å²) >= 11 is 0. The molecule has 1 aromatic heterocycles. The van der Waals surface area contributed by atoms with Crippen molar-refractivity contribution in [3.8, 4) is 0 Å². The van der Waals surface area contributed by atoms with Gasteiger partial charge >= 0.3 is 12.2 Å². The van der Waals surface area contributed by atoms with Crippen molar-refractivity contribution >= 4 is 6.03 Å². The number of urea groups is 1. The third-order valence-electron chi connectivity index (χ3n) is 4.07. The number of nitrogens with zero attached hydrogens (tertiary/aromatic N) is 3. The fourth-order valence-corrected chi connectivity index (χ4v) is 2.98. The molecule has 1 saturated heterocycles. The summed E-state index contributed by atoms with van der Waals surface area (Å²) in [6, 6.07) is -1.42. The number of aromatic nitrogens is 2. The maximum absolute atomic E-state index is 13.6. The van der Waals surface area contributed by atoms with Crippen molar-refractivity contribution in [2.75, 3.05) is 26.3 Å². The van der Waals surface area contributed by atoms with Gasteiger partial charge in [0.2, 0.25) is 0 Å². The van der Waals surface area contributed by atoms with Crippen LogP contribution in [0, 0.1) is 13.8 Å². The number of alkyl halides is 5.